The van der Waals surface area contributed by atoms with Crippen LogP contribution in [0.15, 0.2) is 36.7 Å². The number of nitrogens with one attached hydrogen (secondary N) is 1. The molecule has 0 bridgehead atoms. The smallest absolute Gasteiger partial charge is 0.109 e. The summed E-state index contributed by atoms with van der Waals surface area (Å²) in [6, 6.07) is 8.26. The second-order valence-electron chi connectivity index (χ2n) is 4.44. The van der Waals surface area contributed by atoms with Gasteiger partial charge in [-0.2, -0.15) is 0 Å². The summed E-state index contributed by atoms with van der Waals surface area (Å²) in [6.07, 6.45) is 4.72. The van der Waals surface area contributed by atoms with Crippen molar-refractivity contribution >= 4 is 11.6 Å². The van der Waals surface area contributed by atoms with Gasteiger partial charge in [0.25, 0.3) is 0 Å². The summed E-state index contributed by atoms with van der Waals surface area (Å²) < 4.78 is 2.05. The van der Waals surface area contributed by atoms with E-state index in [1.54, 1.807) is 0 Å². The number of benzene rings is 1. The number of hydrogen-bond acceptors (Lipinski definition) is 2. The number of aromatic nitrogens is 2. The van der Waals surface area contributed by atoms with Crippen molar-refractivity contribution in [2.45, 2.75) is 19.4 Å². The lowest BCUT2D eigenvalue weighted by Gasteiger charge is -2.14. The number of imidazole rings is 1. The zero-order valence-corrected chi connectivity index (χ0v) is 11.5. The predicted octanol–water partition coefficient (Wildman–Crippen LogP) is 2.97. The zero-order chi connectivity index (χ0) is 13.0. The third-order valence-corrected chi connectivity index (χ3v) is 3.30. The fourth-order valence-electron chi connectivity index (χ4n) is 1.93. The van der Waals surface area contributed by atoms with Crippen molar-refractivity contribution in [1.82, 2.24) is 14.9 Å². The van der Waals surface area contributed by atoms with E-state index in [1.807, 2.05) is 42.2 Å². The first-order valence-electron chi connectivity index (χ1n) is 6.12. The molecule has 0 amide bonds. The summed E-state index contributed by atoms with van der Waals surface area (Å²) >= 11 is 5.98. The molecular weight excluding hydrogens is 246 g/mol. The van der Waals surface area contributed by atoms with E-state index in [-0.39, 0.29) is 0 Å². The molecule has 2 aromatic rings. The minimum absolute atomic E-state index is 0.295. The predicted molar refractivity (Wildman–Crippen MR) is 74.8 cm³/mol. The first kappa shape index (κ1) is 13.1. The van der Waals surface area contributed by atoms with Crippen LogP contribution in [0.25, 0.3) is 0 Å². The van der Waals surface area contributed by atoms with E-state index >= 15 is 0 Å². The molecule has 1 N–H and O–H groups in total. The monoisotopic (exact) mass is 263 g/mol. The van der Waals surface area contributed by atoms with Crippen LogP contribution in [0.5, 0.6) is 0 Å². The molecule has 0 saturated carbocycles. The molecule has 1 heterocycles. The van der Waals surface area contributed by atoms with Crippen LogP contribution in [0.4, 0.5) is 0 Å². The van der Waals surface area contributed by atoms with Gasteiger partial charge in [-0.15, -0.1) is 0 Å². The second-order valence-corrected chi connectivity index (χ2v) is 4.87. The van der Waals surface area contributed by atoms with Gasteiger partial charge in [-0.05, 0) is 24.6 Å². The molecular formula is C14H18ClN3. The molecule has 0 aliphatic rings. The average molecular weight is 264 g/mol. The van der Waals surface area contributed by atoms with E-state index in [0.29, 0.717) is 6.04 Å². The third kappa shape index (κ3) is 3.34. The molecule has 4 heteroatoms. The molecule has 96 valence electrons. The largest absolute Gasteiger partial charge is 0.338 e. The maximum atomic E-state index is 5.98. The number of halogens is 1. The molecule has 1 aromatic heterocycles. The molecule has 0 saturated heterocycles. The molecule has 0 radical (unpaired) electrons. The van der Waals surface area contributed by atoms with Crippen LogP contribution < -0.4 is 5.32 Å². The number of aryl methyl sites for hydroxylation is 1. The van der Waals surface area contributed by atoms with Gasteiger partial charge in [0.1, 0.15) is 5.82 Å². The minimum Gasteiger partial charge on any atom is -0.338 e. The first-order valence-corrected chi connectivity index (χ1v) is 6.49. The Hall–Kier alpha value is -1.32. The lowest BCUT2D eigenvalue weighted by atomic mass is 10.1. The zero-order valence-electron chi connectivity index (χ0n) is 10.7. The molecule has 0 spiro atoms. The van der Waals surface area contributed by atoms with Gasteiger partial charge in [0, 0.05) is 43.5 Å². The van der Waals surface area contributed by atoms with Crippen molar-refractivity contribution in [2.24, 2.45) is 7.05 Å². The van der Waals surface area contributed by atoms with Crippen molar-refractivity contribution in [3.8, 4) is 0 Å². The topological polar surface area (TPSA) is 29.9 Å². The van der Waals surface area contributed by atoms with Crippen LogP contribution >= 0.6 is 11.6 Å². The van der Waals surface area contributed by atoms with Gasteiger partial charge in [-0.25, -0.2) is 4.98 Å². The van der Waals surface area contributed by atoms with Crippen LogP contribution in [0.3, 0.4) is 0 Å². The van der Waals surface area contributed by atoms with Crippen molar-refractivity contribution in [2.75, 3.05) is 6.54 Å². The van der Waals surface area contributed by atoms with Gasteiger partial charge in [-0.1, -0.05) is 23.7 Å². The summed E-state index contributed by atoms with van der Waals surface area (Å²) in [6.45, 7) is 3.04. The molecule has 1 aromatic carbocycles. The van der Waals surface area contributed by atoms with Gasteiger partial charge < -0.3 is 9.88 Å². The second kappa shape index (κ2) is 6.03. The summed E-state index contributed by atoms with van der Waals surface area (Å²) in [7, 11) is 2.02. The average Bonchev–Trinajstić information content (AvgIpc) is 2.75. The Kier molecular flexibility index (Phi) is 4.39. The van der Waals surface area contributed by atoms with Crippen molar-refractivity contribution in [3.05, 3.63) is 53.1 Å². The van der Waals surface area contributed by atoms with Gasteiger partial charge in [-0.3, -0.25) is 0 Å². The summed E-state index contributed by atoms with van der Waals surface area (Å²) in [5.41, 5.74) is 1.21. The normalized spacial score (nSPS) is 12.6. The summed E-state index contributed by atoms with van der Waals surface area (Å²) in [4.78, 5) is 4.30. The number of nitrogens with zero attached hydrogens (tertiary/aromatic N) is 2. The summed E-state index contributed by atoms with van der Waals surface area (Å²) in [5.74, 6) is 1.10. The Morgan fingerprint density at radius 3 is 2.94 bits per heavy atom. The Morgan fingerprint density at radius 2 is 2.28 bits per heavy atom. The van der Waals surface area contributed by atoms with E-state index in [4.69, 9.17) is 11.6 Å². The minimum atomic E-state index is 0.295. The van der Waals surface area contributed by atoms with Crippen LogP contribution in [0, 0.1) is 0 Å². The SMILES string of the molecule is CC(NCCc1nccn1C)c1cccc(Cl)c1. The molecule has 18 heavy (non-hydrogen) atoms. The van der Waals surface area contributed by atoms with E-state index in [1.165, 1.54) is 5.56 Å². The Labute approximate surface area is 113 Å². The van der Waals surface area contributed by atoms with Gasteiger partial charge in [0.15, 0.2) is 0 Å². The highest BCUT2D eigenvalue weighted by molar-refractivity contribution is 6.30. The highest BCUT2D eigenvalue weighted by Gasteiger charge is 2.05. The van der Waals surface area contributed by atoms with Crippen LogP contribution in [0.1, 0.15) is 24.4 Å². The lowest BCUT2D eigenvalue weighted by molar-refractivity contribution is 0.565. The maximum absolute atomic E-state index is 5.98. The van der Waals surface area contributed by atoms with E-state index < -0.39 is 0 Å². The van der Waals surface area contributed by atoms with E-state index in [0.717, 1.165) is 23.8 Å². The molecule has 0 aliphatic carbocycles. The summed E-state index contributed by atoms with van der Waals surface area (Å²) in [5, 5.41) is 4.26. The highest BCUT2D eigenvalue weighted by atomic mass is 35.5. The Balaban J connectivity index is 1.85. The van der Waals surface area contributed by atoms with Gasteiger partial charge >= 0.3 is 0 Å². The quantitative estimate of drug-likeness (QED) is 0.899. The first-order chi connectivity index (χ1) is 8.66. The standard InChI is InChI=1S/C14H18ClN3/c1-11(12-4-3-5-13(15)10-12)16-7-6-14-17-8-9-18(14)2/h3-5,8-11,16H,6-7H2,1-2H3. The molecule has 3 nitrogen and oxygen atoms in total. The van der Waals surface area contributed by atoms with Gasteiger partial charge in [0.05, 0.1) is 0 Å². The fraction of sp³-hybridized carbons (Fsp3) is 0.357. The molecule has 0 fully saturated rings. The fourth-order valence-corrected chi connectivity index (χ4v) is 2.13. The number of rotatable bonds is 5. The molecule has 0 aliphatic heterocycles. The van der Waals surface area contributed by atoms with Crippen LogP contribution in [0.2, 0.25) is 5.02 Å². The van der Waals surface area contributed by atoms with E-state index in [2.05, 4.69) is 23.3 Å². The Bertz CT molecular complexity index is 507. The molecule has 2 rings (SSSR count). The third-order valence-electron chi connectivity index (χ3n) is 3.07. The Morgan fingerprint density at radius 1 is 1.44 bits per heavy atom. The maximum Gasteiger partial charge on any atom is 0.109 e. The molecule has 1 atom stereocenters. The van der Waals surface area contributed by atoms with Crippen LogP contribution in [-0.2, 0) is 13.5 Å². The molecule has 1 unspecified atom stereocenters. The number of hydrogen-bond donors (Lipinski definition) is 1. The van der Waals surface area contributed by atoms with Crippen LogP contribution in [-0.4, -0.2) is 16.1 Å². The lowest BCUT2D eigenvalue weighted by Crippen LogP contribution is -2.22. The van der Waals surface area contributed by atoms with E-state index in [9.17, 15) is 0 Å². The highest BCUT2D eigenvalue weighted by Crippen LogP contribution is 2.17. The van der Waals surface area contributed by atoms with Crippen molar-refractivity contribution in [1.29, 1.82) is 0 Å². The van der Waals surface area contributed by atoms with Crippen molar-refractivity contribution in [3.63, 3.8) is 0 Å². The van der Waals surface area contributed by atoms with Crippen molar-refractivity contribution < 1.29 is 0 Å². The van der Waals surface area contributed by atoms with Gasteiger partial charge in [0.2, 0.25) is 0 Å².